The van der Waals surface area contributed by atoms with Gasteiger partial charge in [0.1, 0.15) is 5.75 Å². The number of ketones is 1. The zero-order chi connectivity index (χ0) is 14.7. The van der Waals surface area contributed by atoms with Crippen LogP contribution in [0.2, 0.25) is 0 Å². The van der Waals surface area contributed by atoms with Gasteiger partial charge in [-0.3, -0.25) is 4.79 Å². The monoisotopic (exact) mass is 269 g/mol. The Kier molecular flexibility index (Phi) is 4.08. The van der Waals surface area contributed by atoms with E-state index in [1.807, 2.05) is 57.3 Å². The molecule has 0 spiro atoms. The van der Waals surface area contributed by atoms with Crippen LogP contribution in [0, 0.1) is 13.8 Å². The molecular formula is C17H19NO2. The average Bonchev–Trinajstić information content (AvgIpc) is 2.45. The summed E-state index contributed by atoms with van der Waals surface area (Å²) in [5, 5.41) is 3.04. The van der Waals surface area contributed by atoms with Crippen LogP contribution in [0.25, 0.3) is 0 Å². The number of carbonyl (C=O) groups is 1. The maximum atomic E-state index is 12.7. The number of carbonyl (C=O) groups excluding carboxylic acids is 1. The lowest BCUT2D eigenvalue weighted by Gasteiger charge is -2.12. The molecule has 0 aliphatic heterocycles. The SMILES string of the molecule is CNc1cccc(C(=O)c2cc(C)cc(C)c2OC)c1. The largest absolute Gasteiger partial charge is 0.496 e. The normalized spacial score (nSPS) is 10.2. The molecule has 1 N–H and O–H groups in total. The molecular weight excluding hydrogens is 250 g/mol. The second kappa shape index (κ2) is 5.78. The van der Waals surface area contributed by atoms with Gasteiger partial charge < -0.3 is 10.1 Å². The van der Waals surface area contributed by atoms with Crippen molar-refractivity contribution in [2.45, 2.75) is 13.8 Å². The fourth-order valence-electron chi connectivity index (χ4n) is 2.37. The summed E-state index contributed by atoms with van der Waals surface area (Å²) < 4.78 is 5.39. The Hall–Kier alpha value is -2.29. The van der Waals surface area contributed by atoms with Crippen molar-refractivity contribution in [1.82, 2.24) is 0 Å². The van der Waals surface area contributed by atoms with Gasteiger partial charge in [-0.2, -0.15) is 0 Å². The molecule has 0 saturated heterocycles. The number of aryl methyl sites for hydroxylation is 2. The minimum atomic E-state index is -0.0225. The molecule has 0 atom stereocenters. The van der Waals surface area contributed by atoms with Crippen molar-refractivity contribution in [2.24, 2.45) is 0 Å². The maximum absolute atomic E-state index is 12.7. The number of hydrogen-bond donors (Lipinski definition) is 1. The number of hydrogen-bond acceptors (Lipinski definition) is 3. The van der Waals surface area contributed by atoms with E-state index < -0.39 is 0 Å². The molecule has 0 radical (unpaired) electrons. The fraction of sp³-hybridized carbons (Fsp3) is 0.235. The molecule has 0 saturated carbocycles. The lowest BCUT2D eigenvalue weighted by molar-refractivity contribution is 0.103. The molecule has 2 aromatic rings. The third-order valence-corrected chi connectivity index (χ3v) is 3.28. The van der Waals surface area contributed by atoms with Crippen molar-refractivity contribution in [3.63, 3.8) is 0 Å². The van der Waals surface area contributed by atoms with Gasteiger partial charge in [-0.1, -0.05) is 18.2 Å². The van der Waals surface area contributed by atoms with Crippen LogP contribution >= 0.6 is 0 Å². The van der Waals surface area contributed by atoms with E-state index in [-0.39, 0.29) is 5.78 Å². The quantitative estimate of drug-likeness (QED) is 0.862. The predicted octanol–water partition coefficient (Wildman–Crippen LogP) is 3.58. The van der Waals surface area contributed by atoms with E-state index in [0.29, 0.717) is 16.9 Å². The number of benzene rings is 2. The van der Waals surface area contributed by atoms with Gasteiger partial charge >= 0.3 is 0 Å². The lowest BCUT2D eigenvalue weighted by Crippen LogP contribution is -2.06. The first-order chi connectivity index (χ1) is 9.56. The van der Waals surface area contributed by atoms with Crippen molar-refractivity contribution < 1.29 is 9.53 Å². The molecule has 104 valence electrons. The van der Waals surface area contributed by atoms with E-state index in [1.165, 1.54) is 0 Å². The third kappa shape index (κ3) is 2.67. The van der Waals surface area contributed by atoms with Gasteiger partial charge in [0.15, 0.2) is 5.78 Å². The number of rotatable bonds is 4. The van der Waals surface area contributed by atoms with E-state index >= 15 is 0 Å². The van der Waals surface area contributed by atoms with Crippen molar-refractivity contribution in [3.8, 4) is 5.75 Å². The van der Waals surface area contributed by atoms with Crippen LogP contribution in [0.4, 0.5) is 5.69 Å². The number of anilines is 1. The second-order valence-electron chi connectivity index (χ2n) is 4.82. The Balaban J connectivity index is 2.52. The van der Waals surface area contributed by atoms with E-state index in [1.54, 1.807) is 7.11 Å². The Bertz CT molecular complexity index is 647. The first-order valence-corrected chi connectivity index (χ1v) is 6.54. The zero-order valence-corrected chi connectivity index (χ0v) is 12.3. The molecule has 2 aromatic carbocycles. The van der Waals surface area contributed by atoms with Gasteiger partial charge in [-0.15, -0.1) is 0 Å². The summed E-state index contributed by atoms with van der Waals surface area (Å²) in [4.78, 5) is 12.7. The minimum Gasteiger partial charge on any atom is -0.496 e. The van der Waals surface area contributed by atoms with E-state index in [9.17, 15) is 4.79 Å². The van der Waals surface area contributed by atoms with Crippen LogP contribution in [0.15, 0.2) is 36.4 Å². The van der Waals surface area contributed by atoms with Crippen LogP contribution in [0.1, 0.15) is 27.0 Å². The summed E-state index contributed by atoms with van der Waals surface area (Å²) in [6.45, 7) is 3.93. The molecule has 0 amide bonds. The van der Waals surface area contributed by atoms with Gasteiger partial charge in [0.05, 0.1) is 12.7 Å². The number of nitrogens with one attached hydrogen (secondary N) is 1. The number of ether oxygens (including phenoxy) is 1. The Labute approximate surface area is 119 Å². The summed E-state index contributed by atoms with van der Waals surface area (Å²) in [7, 11) is 3.43. The van der Waals surface area contributed by atoms with Crippen molar-refractivity contribution >= 4 is 11.5 Å². The fourth-order valence-corrected chi connectivity index (χ4v) is 2.37. The summed E-state index contributed by atoms with van der Waals surface area (Å²) in [6, 6.07) is 11.4. The van der Waals surface area contributed by atoms with Crippen LogP contribution in [-0.2, 0) is 0 Å². The first-order valence-electron chi connectivity index (χ1n) is 6.54. The third-order valence-electron chi connectivity index (χ3n) is 3.28. The Morgan fingerprint density at radius 1 is 1.15 bits per heavy atom. The molecule has 0 fully saturated rings. The summed E-state index contributed by atoms with van der Waals surface area (Å²) in [5.74, 6) is 0.626. The minimum absolute atomic E-state index is 0.0225. The van der Waals surface area contributed by atoms with Gasteiger partial charge in [-0.05, 0) is 43.2 Å². The van der Waals surface area contributed by atoms with Gasteiger partial charge in [0.25, 0.3) is 0 Å². The Morgan fingerprint density at radius 2 is 1.90 bits per heavy atom. The zero-order valence-electron chi connectivity index (χ0n) is 12.3. The molecule has 0 aliphatic carbocycles. The molecule has 0 bridgehead atoms. The summed E-state index contributed by atoms with van der Waals surface area (Å²) in [6.07, 6.45) is 0. The van der Waals surface area contributed by atoms with Gasteiger partial charge in [0.2, 0.25) is 0 Å². The van der Waals surface area contributed by atoms with Crippen molar-refractivity contribution in [3.05, 3.63) is 58.7 Å². The molecule has 0 unspecified atom stereocenters. The standard InChI is InChI=1S/C17H19NO2/c1-11-8-12(2)17(20-4)15(9-11)16(19)13-6-5-7-14(10-13)18-3/h5-10,18H,1-4H3. The van der Waals surface area contributed by atoms with Gasteiger partial charge in [0, 0.05) is 18.3 Å². The highest BCUT2D eigenvalue weighted by atomic mass is 16.5. The highest BCUT2D eigenvalue weighted by Gasteiger charge is 2.17. The highest BCUT2D eigenvalue weighted by molar-refractivity contribution is 6.11. The number of methoxy groups -OCH3 is 1. The summed E-state index contributed by atoms with van der Waals surface area (Å²) >= 11 is 0. The molecule has 0 aliphatic rings. The molecule has 20 heavy (non-hydrogen) atoms. The van der Waals surface area contributed by atoms with E-state index in [0.717, 1.165) is 16.8 Å². The van der Waals surface area contributed by atoms with Crippen molar-refractivity contribution in [1.29, 1.82) is 0 Å². The van der Waals surface area contributed by atoms with Crippen molar-refractivity contribution in [2.75, 3.05) is 19.5 Å². The topological polar surface area (TPSA) is 38.3 Å². The molecule has 2 rings (SSSR count). The molecule has 0 heterocycles. The highest BCUT2D eigenvalue weighted by Crippen LogP contribution is 2.27. The van der Waals surface area contributed by atoms with Crippen LogP contribution in [0.3, 0.4) is 0 Å². The average molecular weight is 269 g/mol. The summed E-state index contributed by atoms with van der Waals surface area (Å²) in [5.41, 5.74) is 4.20. The van der Waals surface area contributed by atoms with Crippen LogP contribution in [-0.4, -0.2) is 19.9 Å². The second-order valence-corrected chi connectivity index (χ2v) is 4.82. The molecule has 3 heteroatoms. The van der Waals surface area contributed by atoms with E-state index in [2.05, 4.69) is 5.32 Å². The molecule has 0 aromatic heterocycles. The smallest absolute Gasteiger partial charge is 0.196 e. The lowest BCUT2D eigenvalue weighted by atomic mass is 9.97. The Morgan fingerprint density at radius 3 is 2.55 bits per heavy atom. The van der Waals surface area contributed by atoms with Crippen LogP contribution < -0.4 is 10.1 Å². The predicted molar refractivity (Wildman–Crippen MR) is 81.9 cm³/mol. The first kappa shape index (κ1) is 14.1. The van der Waals surface area contributed by atoms with E-state index in [4.69, 9.17) is 4.74 Å². The van der Waals surface area contributed by atoms with Crippen LogP contribution in [0.5, 0.6) is 5.75 Å². The maximum Gasteiger partial charge on any atom is 0.196 e. The van der Waals surface area contributed by atoms with Gasteiger partial charge in [-0.25, -0.2) is 0 Å². The molecule has 3 nitrogen and oxygen atoms in total.